The zero-order valence-corrected chi connectivity index (χ0v) is 9.27. The first-order valence-electron chi connectivity index (χ1n) is 5.60. The van der Waals surface area contributed by atoms with Crippen molar-refractivity contribution in [3.05, 3.63) is 54.6 Å². The van der Waals surface area contributed by atoms with E-state index >= 15 is 0 Å². The van der Waals surface area contributed by atoms with Gasteiger partial charge in [0.25, 0.3) is 0 Å². The predicted molar refractivity (Wildman–Crippen MR) is 72.7 cm³/mol. The summed E-state index contributed by atoms with van der Waals surface area (Å²) in [6.07, 6.45) is 0. The highest BCUT2D eigenvalue weighted by Crippen LogP contribution is 2.20. The van der Waals surface area contributed by atoms with Crippen LogP contribution >= 0.6 is 0 Å². The second-order valence-electron chi connectivity index (χ2n) is 4.02. The molecule has 0 saturated heterocycles. The highest BCUT2D eigenvalue weighted by Gasteiger charge is 2.04. The van der Waals surface area contributed by atoms with E-state index in [4.69, 9.17) is 0 Å². The van der Waals surface area contributed by atoms with E-state index in [0.29, 0.717) is 0 Å². The first-order chi connectivity index (χ1) is 7.90. The van der Waals surface area contributed by atoms with Crippen LogP contribution in [0.25, 0.3) is 21.5 Å². The Bertz CT molecular complexity index is 602. The first-order valence-corrected chi connectivity index (χ1v) is 5.60. The molecule has 16 heavy (non-hydrogen) atoms. The summed E-state index contributed by atoms with van der Waals surface area (Å²) in [5, 5.41) is 5.30. The average Bonchev–Trinajstić information content (AvgIpc) is 2.36. The summed E-state index contributed by atoms with van der Waals surface area (Å²) in [4.78, 5) is 0. The molecule has 0 fully saturated rings. The maximum atomic E-state index is 2.26. The van der Waals surface area contributed by atoms with Crippen LogP contribution in [0.1, 0.15) is 0 Å². The summed E-state index contributed by atoms with van der Waals surface area (Å²) >= 11 is 0. The number of hydrogen-bond acceptors (Lipinski definition) is 0. The van der Waals surface area contributed by atoms with Crippen molar-refractivity contribution in [1.29, 1.82) is 0 Å². The maximum absolute atomic E-state index is 2.26. The van der Waals surface area contributed by atoms with Gasteiger partial charge >= 0.3 is 0 Å². The number of hydrogen-bond donors (Lipinski definition) is 0. The first kappa shape index (κ1) is 9.47. The fraction of sp³-hybridized carbons (Fsp3) is 0.0667. The SMILES string of the molecule is C[B]c1c2ccccc2cc2ccccc12. The van der Waals surface area contributed by atoms with Crippen molar-refractivity contribution < 1.29 is 0 Å². The van der Waals surface area contributed by atoms with Gasteiger partial charge in [0, 0.05) is 0 Å². The summed E-state index contributed by atoms with van der Waals surface area (Å²) in [6, 6.07) is 19.4. The Labute approximate surface area is 96.1 Å². The molecule has 1 radical (unpaired) electrons. The largest absolute Gasteiger partial charge is 0.149 e. The third-order valence-corrected chi connectivity index (χ3v) is 3.10. The fourth-order valence-corrected chi connectivity index (χ4v) is 2.36. The molecule has 0 heterocycles. The summed E-state index contributed by atoms with van der Waals surface area (Å²) < 4.78 is 0. The Balaban J connectivity index is 2.56. The van der Waals surface area contributed by atoms with Crippen LogP contribution in [0.4, 0.5) is 0 Å². The number of rotatable bonds is 1. The Morgan fingerprint density at radius 2 is 1.25 bits per heavy atom. The molecule has 3 rings (SSSR count). The second-order valence-corrected chi connectivity index (χ2v) is 4.02. The molecule has 0 bridgehead atoms. The lowest BCUT2D eigenvalue weighted by Gasteiger charge is -2.09. The van der Waals surface area contributed by atoms with Crippen molar-refractivity contribution in [2.75, 3.05) is 0 Å². The monoisotopic (exact) mass is 203 g/mol. The van der Waals surface area contributed by atoms with E-state index in [9.17, 15) is 0 Å². The van der Waals surface area contributed by atoms with Crippen molar-refractivity contribution in [1.82, 2.24) is 0 Å². The number of fused-ring (bicyclic) bond motifs is 2. The van der Waals surface area contributed by atoms with Gasteiger partial charge < -0.3 is 0 Å². The molecule has 3 aromatic carbocycles. The standard InChI is InChI=1S/C15H12B/c1-16-15-13-8-4-2-6-11(13)10-12-7-3-5-9-14(12)15/h2-10H,1H3. The van der Waals surface area contributed by atoms with E-state index in [2.05, 4.69) is 68.7 Å². The molecule has 0 aliphatic rings. The van der Waals surface area contributed by atoms with Crippen LogP contribution < -0.4 is 5.46 Å². The van der Waals surface area contributed by atoms with Crippen molar-refractivity contribution in [2.45, 2.75) is 6.82 Å². The Kier molecular flexibility index (Phi) is 2.18. The van der Waals surface area contributed by atoms with Crippen LogP contribution in [0.5, 0.6) is 0 Å². The molecule has 75 valence electrons. The van der Waals surface area contributed by atoms with Crippen LogP contribution in [-0.4, -0.2) is 7.28 Å². The van der Waals surface area contributed by atoms with Gasteiger partial charge in [-0.3, -0.25) is 0 Å². The average molecular weight is 203 g/mol. The highest BCUT2D eigenvalue weighted by molar-refractivity contribution is 6.59. The molecule has 0 saturated carbocycles. The predicted octanol–water partition coefficient (Wildman–Crippen LogP) is 3.37. The molecule has 0 nitrogen and oxygen atoms in total. The number of benzene rings is 3. The van der Waals surface area contributed by atoms with Crippen LogP contribution in [0, 0.1) is 0 Å². The molecule has 0 amide bonds. The molecule has 1 heteroatoms. The van der Waals surface area contributed by atoms with Gasteiger partial charge in [-0.2, -0.15) is 0 Å². The smallest absolute Gasteiger partial charge is 0.0872 e. The van der Waals surface area contributed by atoms with Gasteiger partial charge in [-0.25, -0.2) is 0 Å². The molecular formula is C15H12B. The zero-order chi connectivity index (χ0) is 11.0. The van der Waals surface area contributed by atoms with E-state index in [1.54, 1.807) is 0 Å². The molecule has 0 aromatic heterocycles. The van der Waals surface area contributed by atoms with Gasteiger partial charge in [-0.1, -0.05) is 60.8 Å². The molecule has 0 aliphatic heterocycles. The van der Waals surface area contributed by atoms with Gasteiger partial charge in [0.2, 0.25) is 0 Å². The third-order valence-electron chi connectivity index (χ3n) is 3.10. The molecule has 0 unspecified atom stereocenters. The summed E-state index contributed by atoms with van der Waals surface area (Å²) in [5.41, 5.74) is 1.34. The summed E-state index contributed by atoms with van der Waals surface area (Å²) in [6.45, 7) is 2.11. The van der Waals surface area contributed by atoms with E-state index in [1.807, 2.05) is 0 Å². The summed E-state index contributed by atoms with van der Waals surface area (Å²) in [5.74, 6) is 0. The van der Waals surface area contributed by atoms with Crippen LogP contribution in [0.3, 0.4) is 0 Å². The lowest BCUT2D eigenvalue weighted by molar-refractivity contribution is 1.78. The minimum absolute atomic E-state index is 1.31. The van der Waals surface area contributed by atoms with E-state index in [1.165, 1.54) is 27.0 Å². The van der Waals surface area contributed by atoms with Gasteiger partial charge in [0.05, 0.1) is 0 Å². The van der Waals surface area contributed by atoms with Crippen molar-refractivity contribution >= 4 is 34.3 Å². The van der Waals surface area contributed by atoms with Crippen LogP contribution in [-0.2, 0) is 0 Å². The normalized spacial score (nSPS) is 10.8. The zero-order valence-electron chi connectivity index (χ0n) is 9.27. The second kappa shape index (κ2) is 3.68. The molecule has 0 atom stereocenters. The highest BCUT2D eigenvalue weighted by atomic mass is 14.0. The topological polar surface area (TPSA) is 0 Å². The van der Waals surface area contributed by atoms with E-state index in [-0.39, 0.29) is 0 Å². The molecule has 0 spiro atoms. The fourth-order valence-electron chi connectivity index (χ4n) is 2.36. The molecule has 0 aliphatic carbocycles. The van der Waals surface area contributed by atoms with Crippen LogP contribution in [0.15, 0.2) is 54.6 Å². The van der Waals surface area contributed by atoms with Crippen LogP contribution in [0.2, 0.25) is 6.82 Å². The minimum atomic E-state index is 1.31. The molecule has 3 aromatic rings. The quantitative estimate of drug-likeness (QED) is 0.420. The Hall–Kier alpha value is -1.76. The summed E-state index contributed by atoms with van der Waals surface area (Å²) in [7, 11) is 2.20. The van der Waals surface area contributed by atoms with Gasteiger partial charge in [-0.05, 0) is 27.6 Å². The van der Waals surface area contributed by atoms with E-state index in [0.717, 1.165) is 0 Å². The molecular weight excluding hydrogens is 191 g/mol. The minimum Gasteiger partial charge on any atom is -0.0872 e. The third kappa shape index (κ3) is 1.32. The van der Waals surface area contributed by atoms with Crippen molar-refractivity contribution in [3.8, 4) is 0 Å². The van der Waals surface area contributed by atoms with Crippen molar-refractivity contribution in [2.24, 2.45) is 0 Å². The Morgan fingerprint density at radius 1 is 0.750 bits per heavy atom. The van der Waals surface area contributed by atoms with Crippen molar-refractivity contribution in [3.63, 3.8) is 0 Å². The lowest BCUT2D eigenvalue weighted by Crippen LogP contribution is -2.13. The van der Waals surface area contributed by atoms with E-state index < -0.39 is 0 Å². The van der Waals surface area contributed by atoms with Gasteiger partial charge in [0.15, 0.2) is 0 Å². The Morgan fingerprint density at radius 3 is 1.75 bits per heavy atom. The van der Waals surface area contributed by atoms with Gasteiger partial charge in [-0.15, -0.1) is 0 Å². The lowest BCUT2D eigenvalue weighted by atomic mass is 9.69. The molecule has 0 N–H and O–H groups in total. The maximum Gasteiger partial charge on any atom is 0.149 e. The van der Waals surface area contributed by atoms with Gasteiger partial charge in [0.1, 0.15) is 7.28 Å².